The van der Waals surface area contributed by atoms with Gasteiger partial charge in [-0.15, -0.1) is 0 Å². The van der Waals surface area contributed by atoms with Crippen LogP contribution in [0.3, 0.4) is 0 Å². The molecule has 122 valence electrons. The molecular formula is C17H14BrN3O3. The van der Waals surface area contributed by atoms with Crippen LogP contribution >= 0.6 is 15.9 Å². The minimum absolute atomic E-state index is 0.166. The molecule has 0 spiro atoms. The molecule has 2 amide bonds. The number of nitrogens with one attached hydrogen (secondary N) is 2. The fraction of sp³-hybridized carbons (Fsp3) is 0. The molecule has 0 aromatic heterocycles. The van der Waals surface area contributed by atoms with Gasteiger partial charge in [-0.1, -0.05) is 36.4 Å². The molecule has 0 fully saturated rings. The largest absolute Gasteiger partial charge is 0.288 e. The highest BCUT2D eigenvalue weighted by atomic mass is 79.9. The first-order valence-electron chi connectivity index (χ1n) is 6.90. The zero-order valence-corrected chi connectivity index (χ0v) is 14.0. The second-order valence-corrected chi connectivity index (χ2v) is 5.58. The summed E-state index contributed by atoms with van der Waals surface area (Å²) in [5.41, 5.74) is 5.28. The molecule has 2 aromatic carbocycles. The Balaban J connectivity index is 2.00. The number of nitrogens with zero attached hydrogens (tertiary/aromatic N) is 1. The van der Waals surface area contributed by atoms with Gasteiger partial charge in [-0.25, -0.2) is 10.9 Å². The molecule has 0 heterocycles. The van der Waals surface area contributed by atoms with E-state index in [-0.39, 0.29) is 11.1 Å². The SMILES string of the molecule is O=C(NO)c1cccc(C(=O)N/N=C/C(Br)=C/c2ccccc2)c1. The number of amides is 2. The highest BCUT2D eigenvalue weighted by Crippen LogP contribution is 2.10. The van der Waals surface area contributed by atoms with Crippen LogP contribution in [0.2, 0.25) is 0 Å². The van der Waals surface area contributed by atoms with E-state index in [0.29, 0.717) is 4.48 Å². The number of hydrogen-bond acceptors (Lipinski definition) is 4. The molecular weight excluding hydrogens is 374 g/mol. The molecule has 24 heavy (non-hydrogen) atoms. The van der Waals surface area contributed by atoms with Crippen LogP contribution in [0.25, 0.3) is 6.08 Å². The quantitative estimate of drug-likeness (QED) is 0.418. The van der Waals surface area contributed by atoms with Gasteiger partial charge in [-0.3, -0.25) is 14.8 Å². The Morgan fingerprint density at radius 2 is 1.67 bits per heavy atom. The minimum atomic E-state index is -0.693. The molecule has 2 rings (SSSR count). The number of carbonyl (C=O) groups excluding carboxylic acids is 2. The molecule has 3 N–H and O–H groups in total. The summed E-state index contributed by atoms with van der Waals surface area (Å²) < 4.78 is 0.683. The molecule has 0 atom stereocenters. The monoisotopic (exact) mass is 387 g/mol. The average Bonchev–Trinajstić information content (AvgIpc) is 2.61. The summed E-state index contributed by atoms with van der Waals surface area (Å²) in [6.07, 6.45) is 3.30. The maximum Gasteiger partial charge on any atom is 0.274 e. The summed E-state index contributed by atoms with van der Waals surface area (Å²) >= 11 is 3.34. The minimum Gasteiger partial charge on any atom is -0.288 e. The topological polar surface area (TPSA) is 90.8 Å². The molecule has 0 saturated heterocycles. The lowest BCUT2D eigenvalue weighted by molar-refractivity contribution is 0.0706. The Morgan fingerprint density at radius 1 is 1.00 bits per heavy atom. The molecule has 0 bridgehead atoms. The number of carbonyl (C=O) groups is 2. The van der Waals surface area contributed by atoms with Gasteiger partial charge in [0, 0.05) is 15.6 Å². The summed E-state index contributed by atoms with van der Waals surface area (Å²) in [6, 6.07) is 15.5. The van der Waals surface area contributed by atoms with Crippen molar-refractivity contribution in [2.75, 3.05) is 0 Å². The highest BCUT2D eigenvalue weighted by Gasteiger charge is 2.09. The third-order valence-electron chi connectivity index (χ3n) is 2.95. The van der Waals surface area contributed by atoms with Crippen molar-refractivity contribution in [1.82, 2.24) is 10.9 Å². The lowest BCUT2D eigenvalue weighted by Gasteiger charge is -2.02. The van der Waals surface area contributed by atoms with Crippen LogP contribution in [0.5, 0.6) is 0 Å². The van der Waals surface area contributed by atoms with Gasteiger partial charge in [-0.05, 0) is 45.8 Å². The molecule has 0 saturated carbocycles. The van der Waals surface area contributed by atoms with Gasteiger partial charge in [0.1, 0.15) is 0 Å². The highest BCUT2D eigenvalue weighted by molar-refractivity contribution is 9.12. The predicted molar refractivity (Wildman–Crippen MR) is 95.0 cm³/mol. The number of halogens is 1. The molecule has 0 aliphatic rings. The van der Waals surface area contributed by atoms with E-state index in [1.54, 1.807) is 0 Å². The van der Waals surface area contributed by atoms with Crippen LogP contribution in [0.15, 0.2) is 64.2 Å². The predicted octanol–water partition coefficient (Wildman–Crippen LogP) is 2.96. The van der Waals surface area contributed by atoms with Gasteiger partial charge in [-0.2, -0.15) is 5.10 Å². The molecule has 6 nitrogen and oxygen atoms in total. The van der Waals surface area contributed by atoms with Crippen LogP contribution in [0, 0.1) is 0 Å². The van der Waals surface area contributed by atoms with E-state index in [9.17, 15) is 9.59 Å². The van der Waals surface area contributed by atoms with Gasteiger partial charge >= 0.3 is 0 Å². The maximum absolute atomic E-state index is 12.0. The summed E-state index contributed by atoms with van der Waals surface area (Å²) in [6.45, 7) is 0. The smallest absolute Gasteiger partial charge is 0.274 e. The molecule has 0 aliphatic carbocycles. The zero-order valence-electron chi connectivity index (χ0n) is 12.4. The molecule has 0 aliphatic heterocycles. The Labute approximate surface area is 147 Å². The van der Waals surface area contributed by atoms with Crippen molar-refractivity contribution in [3.63, 3.8) is 0 Å². The first kappa shape index (κ1) is 17.6. The molecule has 0 radical (unpaired) electrons. The van der Waals surface area contributed by atoms with Crippen LogP contribution in [-0.4, -0.2) is 23.2 Å². The number of hydrogen-bond donors (Lipinski definition) is 3. The van der Waals surface area contributed by atoms with Crippen LogP contribution in [-0.2, 0) is 0 Å². The van der Waals surface area contributed by atoms with Crippen LogP contribution in [0.4, 0.5) is 0 Å². The lowest BCUT2D eigenvalue weighted by Crippen LogP contribution is -2.21. The Morgan fingerprint density at radius 3 is 2.33 bits per heavy atom. The fourth-order valence-corrected chi connectivity index (χ4v) is 2.20. The van der Waals surface area contributed by atoms with Crippen molar-refractivity contribution in [3.05, 3.63) is 75.8 Å². The number of benzene rings is 2. The Kier molecular flexibility index (Phi) is 6.41. The third-order valence-corrected chi connectivity index (χ3v) is 3.38. The van der Waals surface area contributed by atoms with E-state index in [2.05, 4.69) is 26.5 Å². The number of rotatable bonds is 5. The molecule has 2 aromatic rings. The summed E-state index contributed by atoms with van der Waals surface area (Å²) in [7, 11) is 0. The maximum atomic E-state index is 12.0. The van der Waals surface area contributed by atoms with Gasteiger partial charge in [0.05, 0.1) is 6.21 Å². The first-order valence-corrected chi connectivity index (χ1v) is 7.69. The Bertz CT molecular complexity index is 789. The van der Waals surface area contributed by atoms with E-state index in [1.807, 2.05) is 36.4 Å². The standard InChI is InChI=1S/C17H14BrN3O3/c18-15(9-12-5-2-1-3-6-12)11-19-20-16(22)13-7-4-8-14(10-13)17(23)21-24/h1-11,24H,(H,20,22)(H,21,23)/b15-9-,19-11+. The lowest BCUT2D eigenvalue weighted by atomic mass is 10.1. The Hall–Kier alpha value is -2.77. The summed E-state index contributed by atoms with van der Waals surface area (Å²) in [5.74, 6) is -1.17. The summed E-state index contributed by atoms with van der Waals surface area (Å²) in [4.78, 5) is 23.3. The third kappa shape index (κ3) is 5.15. The first-order chi connectivity index (χ1) is 11.6. The fourth-order valence-electron chi connectivity index (χ4n) is 1.83. The average molecular weight is 388 g/mol. The van der Waals surface area contributed by atoms with Crippen LogP contribution in [0.1, 0.15) is 26.3 Å². The van der Waals surface area contributed by atoms with E-state index in [1.165, 1.54) is 36.0 Å². The van der Waals surface area contributed by atoms with E-state index < -0.39 is 11.8 Å². The van der Waals surface area contributed by atoms with Crippen molar-refractivity contribution in [1.29, 1.82) is 0 Å². The van der Waals surface area contributed by atoms with Gasteiger partial charge in [0.2, 0.25) is 0 Å². The number of hydrazone groups is 1. The van der Waals surface area contributed by atoms with Gasteiger partial charge < -0.3 is 0 Å². The van der Waals surface area contributed by atoms with Gasteiger partial charge in [0.25, 0.3) is 11.8 Å². The van der Waals surface area contributed by atoms with Crippen molar-refractivity contribution < 1.29 is 14.8 Å². The molecule has 7 heteroatoms. The summed E-state index contributed by atoms with van der Waals surface area (Å²) in [5, 5.41) is 12.5. The van der Waals surface area contributed by atoms with E-state index in [0.717, 1.165) is 5.56 Å². The number of hydroxylamine groups is 1. The van der Waals surface area contributed by atoms with E-state index >= 15 is 0 Å². The second kappa shape index (κ2) is 8.76. The van der Waals surface area contributed by atoms with Crippen molar-refractivity contribution in [2.24, 2.45) is 5.10 Å². The van der Waals surface area contributed by atoms with Gasteiger partial charge in [0.15, 0.2) is 0 Å². The van der Waals surface area contributed by atoms with Crippen LogP contribution < -0.4 is 10.9 Å². The second-order valence-electron chi connectivity index (χ2n) is 4.66. The van der Waals surface area contributed by atoms with Crippen molar-refractivity contribution in [3.8, 4) is 0 Å². The van der Waals surface area contributed by atoms with E-state index in [4.69, 9.17) is 5.21 Å². The normalized spacial score (nSPS) is 11.3. The van der Waals surface area contributed by atoms with Crippen molar-refractivity contribution in [2.45, 2.75) is 0 Å². The van der Waals surface area contributed by atoms with Crippen molar-refractivity contribution >= 4 is 40.0 Å². The number of allylic oxidation sites excluding steroid dienone is 1. The zero-order chi connectivity index (χ0) is 17.4. The molecule has 0 unspecified atom stereocenters.